The van der Waals surface area contributed by atoms with Gasteiger partial charge in [0.15, 0.2) is 0 Å². The van der Waals surface area contributed by atoms with Crippen LogP contribution in [0.3, 0.4) is 0 Å². The highest BCUT2D eigenvalue weighted by Crippen LogP contribution is 2.22. The monoisotopic (exact) mass is 489 g/mol. The van der Waals surface area contributed by atoms with Crippen LogP contribution in [0.15, 0.2) is 66.2 Å². The molecule has 190 valence electrons. The van der Waals surface area contributed by atoms with E-state index in [9.17, 15) is 24.9 Å². The van der Waals surface area contributed by atoms with E-state index in [1.807, 2.05) is 75.4 Å². The van der Waals surface area contributed by atoms with Gasteiger partial charge in [-0.1, -0.05) is 75.7 Å². The van der Waals surface area contributed by atoms with Gasteiger partial charge >= 0.3 is 7.12 Å². The number of nitrogens with one attached hydrogen (secondary N) is 1. The molecule has 0 aromatic heterocycles. The first-order valence-corrected chi connectivity index (χ1v) is 12.4. The molecule has 2 aromatic carbocycles. The van der Waals surface area contributed by atoms with Crippen LogP contribution in [0.4, 0.5) is 5.69 Å². The van der Waals surface area contributed by atoms with E-state index in [0.717, 1.165) is 17.5 Å². The Morgan fingerprint density at radius 1 is 1.08 bits per heavy atom. The molecule has 0 unspecified atom stereocenters. The number of hydrogen-bond donors (Lipinski definition) is 3. The van der Waals surface area contributed by atoms with Crippen LogP contribution in [0.5, 0.6) is 0 Å². The number of hydrogen-bond acceptors (Lipinski definition) is 5. The highest BCUT2D eigenvalue weighted by molar-refractivity contribution is 6.43. The number of nitrogens with zero attached hydrogens (tertiary/aromatic N) is 2. The normalized spacial score (nSPS) is 13.0. The van der Waals surface area contributed by atoms with Crippen LogP contribution in [0.25, 0.3) is 0 Å². The van der Waals surface area contributed by atoms with Gasteiger partial charge in [0.05, 0.1) is 5.94 Å². The summed E-state index contributed by atoms with van der Waals surface area (Å²) in [7, 11) is -0.0624. The van der Waals surface area contributed by atoms with Gasteiger partial charge in [0, 0.05) is 18.7 Å². The molecule has 7 nitrogen and oxygen atoms in total. The topological polar surface area (TPSA) is 114 Å². The summed E-state index contributed by atoms with van der Waals surface area (Å²) < 4.78 is 0. The number of anilines is 1. The lowest BCUT2D eigenvalue weighted by molar-refractivity contribution is -0.125. The minimum atomic E-state index is -1.69. The molecule has 0 aliphatic carbocycles. The van der Waals surface area contributed by atoms with E-state index in [1.54, 1.807) is 19.2 Å². The third-order valence-corrected chi connectivity index (χ3v) is 5.93. The minimum absolute atomic E-state index is 0.0693. The quantitative estimate of drug-likeness (QED) is 0.240. The lowest BCUT2D eigenvalue weighted by atomic mass is 9.75. The Balaban J connectivity index is 2.17. The van der Waals surface area contributed by atoms with Crippen LogP contribution < -0.4 is 10.2 Å². The zero-order valence-corrected chi connectivity index (χ0v) is 21.5. The Labute approximate surface area is 214 Å². The molecule has 0 heterocycles. The Bertz CT molecular complexity index is 1080. The molecule has 0 fully saturated rings. The van der Waals surface area contributed by atoms with E-state index < -0.39 is 13.1 Å². The first-order chi connectivity index (χ1) is 17.2. The van der Waals surface area contributed by atoms with Crippen molar-refractivity contribution in [3.05, 3.63) is 77.4 Å². The number of benzene rings is 2. The fourth-order valence-corrected chi connectivity index (χ4v) is 4.04. The van der Waals surface area contributed by atoms with Crippen molar-refractivity contribution >= 4 is 24.6 Å². The van der Waals surface area contributed by atoms with Crippen LogP contribution in [0.1, 0.15) is 44.7 Å². The highest BCUT2D eigenvalue weighted by atomic mass is 16.4. The second-order valence-electron chi connectivity index (χ2n) is 9.38. The maximum absolute atomic E-state index is 13.2. The number of likely N-dealkylation sites (N-methyl/N-ethyl adjacent to an activating group) is 1. The van der Waals surface area contributed by atoms with E-state index in [1.165, 1.54) is 4.90 Å². The average Bonchev–Trinajstić information content (AvgIpc) is 2.86. The minimum Gasteiger partial charge on any atom is -0.426 e. The molecule has 0 spiro atoms. The maximum atomic E-state index is 13.2. The Morgan fingerprint density at radius 2 is 1.75 bits per heavy atom. The summed E-state index contributed by atoms with van der Waals surface area (Å²) in [6.45, 7) is 5.81. The molecule has 8 heteroatoms. The van der Waals surface area contributed by atoms with Gasteiger partial charge in [-0.25, -0.2) is 0 Å². The van der Waals surface area contributed by atoms with Crippen LogP contribution in [-0.4, -0.2) is 42.0 Å². The van der Waals surface area contributed by atoms with Crippen molar-refractivity contribution in [1.82, 2.24) is 5.32 Å². The molecule has 0 saturated heterocycles. The number of allylic oxidation sites excluding steroid dienone is 1. The molecule has 36 heavy (non-hydrogen) atoms. The van der Waals surface area contributed by atoms with Crippen LogP contribution in [0.2, 0.25) is 0 Å². The molecule has 2 rings (SSSR count). The number of nitriles is 1. The number of carbonyl (C=O) groups is 2. The first-order valence-electron chi connectivity index (χ1n) is 12.4. The van der Waals surface area contributed by atoms with Gasteiger partial charge in [-0.2, -0.15) is 5.26 Å². The largest absolute Gasteiger partial charge is 0.475 e. The standard InChI is InChI=1S/C28H36BN3O4/c1-5-10-23(27(33)31-26(29(35)36)18-21-11-7-6-8-12-21)16-22-13-9-14-25(17-22)32(4)28(34)24(19-30)15-20(2)3/h6-9,11-15,17,20,23,26,35-36H,5,10,16,18H2,1-4H3,(H,31,33)/t23-,26-/m0/s1. The molecular weight excluding hydrogens is 453 g/mol. The number of carbonyl (C=O) groups excluding carboxylic acids is 2. The van der Waals surface area contributed by atoms with E-state index in [0.29, 0.717) is 24.9 Å². The fraction of sp³-hybridized carbons (Fsp3) is 0.393. The Kier molecular flexibility index (Phi) is 11.4. The van der Waals surface area contributed by atoms with E-state index in [-0.39, 0.29) is 29.2 Å². The summed E-state index contributed by atoms with van der Waals surface area (Å²) in [6.07, 6.45) is 3.79. The van der Waals surface area contributed by atoms with Gasteiger partial charge in [0.1, 0.15) is 11.6 Å². The van der Waals surface area contributed by atoms with Crippen molar-refractivity contribution in [2.24, 2.45) is 11.8 Å². The highest BCUT2D eigenvalue weighted by Gasteiger charge is 2.29. The third-order valence-electron chi connectivity index (χ3n) is 5.93. The Morgan fingerprint density at radius 3 is 2.33 bits per heavy atom. The lowest BCUT2D eigenvalue weighted by Gasteiger charge is -2.23. The van der Waals surface area contributed by atoms with Crippen LogP contribution >= 0.6 is 0 Å². The molecule has 0 aliphatic rings. The molecule has 0 bridgehead atoms. The molecular formula is C28H36BN3O4. The maximum Gasteiger partial charge on any atom is 0.475 e. The van der Waals surface area contributed by atoms with E-state index in [4.69, 9.17) is 0 Å². The lowest BCUT2D eigenvalue weighted by Crippen LogP contribution is -2.50. The molecule has 2 aromatic rings. The number of amides is 2. The van der Waals surface area contributed by atoms with Gasteiger partial charge < -0.3 is 20.3 Å². The van der Waals surface area contributed by atoms with Crippen molar-refractivity contribution in [2.75, 3.05) is 11.9 Å². The smallest absolute Gasteiger partial charge is 0.426 e. The molecule has 0 radical (unpaired) electrons. The molecule has 0 saturated carbocycles. The van der Waals surface area contributed by atoms with Crippen molar-refractivity contribution in [2.45, 2.75) is 52.4 Å². The fourth-order valence-electron chi connectivity index (χ4n) is 4.04. The summed E-state index contributed by atoms with van der Waals surface area (Å²) in [5, 5.41) is 32.0. The van der Waals surface area contributed by atoms with Crippen molar-refractivity contribution in [3.8, 4) is 6.07 Å². The molecule has 2 amide bonds. The van der Waals surface area contributed by atoms with Crippen LogP contribution in [0, 0.1) is 23.2 Å². The second-order valence-corrected chi connectivity index (χ2v) is 9.38. The van der Waals surface area contributed by atoms with Gasteiger partial charge in [-0.05, 0) is 48.4 Å². The SMILES string of the molecule is CCC[C@@H](Cc1cccc(N(C)C(=O)C(C#N)=CC(C)C)c1)C(=O)N[C@@H](Cc1ccccc1)B(O)O. The van der Waals surface area contributed by atoms with Crippen molar-refractivity contribution < 1.29 is 19.6 Å². The predicted octanol–water partition coefficient (Wildman–Crippen LogP) is 3.45. The summed E-state index contributed by atoms with van der Waals surface area (Å²) in [6, 6.07) is 18.7. The summed E-state index contributed by atoms with van der Waals surface area (Å²) in [4.78, 5) is 27.4. The van der Waals surface area contributed by atoms with Crippen molar-refractivity contribution in [3.63, 3.8) is 0 Å². The third kappa shape index (κ3) is 8.67. The summed E-state index contributed by atoms with van der Waals surface area (Å²) in [5.41, 5.74) is 2.49. The molecule has 0 aliphatic heterocycles. The van der Waals surface area contributed by atoms with Gasteiger partial charge in [-0.15, -0.1) is 0 Å². The van der Waals surface area contributed by atoms with E-state index in [2.05, 4.69) is 5.32 Å². The second kappa shape index (κ2) is 14.2. The van der Waals surface area contributed by atoms with Crippen LogP contribution in [-0.2, 0) is 22.4 Å². The molecule has 3 N–H and O–H groups in total. The summed E-state index contributed by atoms with van der Waals surface area (Å²) in [5.74, 6) is -1.76. The number of rotatable bonds is 12. The van der Waals surface area contributed by atoms with Gasteiger partial charge in [0.25, 0.3) is 5.91 Å². The zero-order chi connectivity index (χ0) is 26.7. The van der Waals surface area contributed by atoms with Crippen molar-refractivity contribution in [1.29, 1.82) is 5.26 Å². The first kappa shape index (κ1) is 28.8. The predicted molar refractivity (Wildman–Crippen MR) is 143 cm³/mol. The zero-order valence-electron chi connectivity index (χ0n) is 21.5. The van der Waals surface area contributed by atoms with Gasteiger partial charge in [0.2, 0.25) is 5.91 Å². The van der Waals surface area contributed by atoms with E-state index >= 15 is 0 Å². The van der Waals surface area contributed by atoms with Gasteiger partial charge in [-0.3, -0.25) is 9.59 Å². The Hall–Kier alpha value is -3.41. The molecule has 2 atom stereocenters. The average molecular weight is 489 g/mol. The summed E-state index contributed by atoms with van der Waals surface area (Å²) >= 11 is 0.